The molecule has 2 aliphatic heterocycles. The minimum Gasteiger partial charge on any atom is -0.464 e. The lowest BCUT2D eigenvalue weighted by Crippen LogP contribution is -2.52. The van der Waals surface area contributed by atoms with Crippen LogP contribution in [0, 0.1) is 23.2 Å². The summed E-state index contributed by atoms with van der Waals surface area (Å²) in [5.41, 5.74) is 0.396. The Hall–Kier alpha value is -1.18. The molecule has 7 nitrogen and oxygen atoms in total. The number of aliphatic hydroxyl groups excluding tert-OH is 1. The Labute approximate surface area is 333 Å². The van der Waals surface area contributed by atoms with E-state index in [-0.39, 0.29) is 29.8 Å². The van der Waals surface area contributed by atoms with Gasteiger partial charge in [-0.1, -0.05) is 143 Å². The Morgan fingerprint density at radius 1 is 0.611 bits per heavy atom. The van der Waals surface area contributed by atoms with Gasteiger partial charge in [-0.3, -0.25) is 14.5 Å². The summed E-state index contributed by atoms with van der Waals surface area (Å²) in [4.78, 5) is 32.7. The van der Waals surface area contributed by atoms with E-state index in [9.17, 15) is 14.7 Å². The van der Waals surface area contributed by atoms with Crippen molar-refractivity contribution < 1.29 is 24.2 Å². The molecule has 0 amide bonds. The first kappa shape index (κ1) is 47.2. The molecule has 0 aromatic rings. The van der Waals surface area contributed by atoms with Gasteiger partial charge >= 0.3 is 11.9 Å². The Bertz CT molecular complexity index is 938. The van der Waals surface area contributed by atoms with Crippen LogP contribution >= 0.6 is 0 Å². The van der Waals surface area contributed by atoms with Gasteiger partial charge in [0.2, 0.25) is 0 Å². The fourth-order valence-electron chi connectivity index (χ4n) is 9.42. The van der Waals surface area contributed by atoms with Crippen LogP contribution in [0.15, 0.2) is 0 Å². The average Bonchev–Trinajstić information content (AvgIpc) is 3.17. The van der Waals surface area contributed by atoms with E-state index in [0.29, 0.717) is 31.2 Å². The lowest BCUT2D eigenvalue weighted by Gasteiger charge is -2.48. The molecule has 3 fully saturated rings. The first-order valence-electron chi connectivity index (χ1n) is 23.8. The Kier molecular flexibility index (Phi) is 25.4. The molecule has 3 atom stereocenters. The summed E-state index contributed by atoms with van der Waals surface area (Å²) in [6.45, 7) is 13.1. The van der Waals surface area contributed by atoms with Crippen molar-refractivity contribution in [3.8, 4) is 0 Å². The maximum atomic E-state index is 13.8. The van der Waals surface area contributed by atoms with Crippen molar-refractivity contribution in [2.75, 3.05) is 52.5 Å². The highest BCUT2D eigenvalue weighted by molar-refractivity contribution is 5.73. The summed E-state index contributed by atoms with van der Waals surface area (Å²) < 4.78 is 12.6. The third-order valence-electron chi connectivity index (χ3n) is 13.7. The van der Waals surface area contributed by atoms with Crippen LogP contribution in [-0.4, -0.2) is 85.4 Å². The van der Waals surface area contributed by atoms with Gasteiger partial charge in [0.25, 0.3) is 0 Å². The van der Waals surface area contributed by atoms with Crippen molar-refractivity contribution in [3.63, 3.8) is 0 Å². The fourth-order valence-corrected chi connectivity index (χ4v) is 9.42. The van der Waals surface area contributed by atoms with E-state index in [1.54, 1.807) is 0 Å². The number of hydrogen-bond acceptors (Lipinski definition) is 7. The first-order chi connectivity index (χ1) is 26.4. The van der Waals surface area contributed by atoms with E-state index in [4.69, 9.17) is 9.47 Å². The number of ether oxygens (including phenoxy) is 2. The molecule has 3 aliphatic rings. The van der Waals surface area contributed by atoms with Gasteiger partial charge in [0.05, 0.1) is 17.9 Å². The van der Waals surface area contributed by atoms with Gasteiger partial charge in [0, 0.05) is 6.61 Å². The van der Waals surface area contributed by atoms with Crippen LogP contribution in [0.3, 0.4) is 0 Å². The average molecular weight is 761 g/mol. The summed E-state index contributed by atoms with van der Waals surface area (Å²) in [7, 11) is 0. The summed E-state index contributed by atoms with van der Waals surface area (Å²) in [5.74, 6) is 0.629. The predicted octanol–water partition coefficient (Wildman–Crippen LogP) is 11.3. The normalized spacial score (nSPS) is 19.7. The highest BCUT2D eigenvalue weighted by Gasteiger charge is 2.39. The zero-order chi connectivity index (χ0) is 38.7. The molecular formula is C47H88N2O5. The lowest BCUT2D eigenvalue weighted by molar-refractivity contribution is -0.157. The number of nitrogens with zero attached hydrogens (tertiary/aromatic N) is 2. The standard InChI is InChI=1S/C47H88N2O5/c1-4-7-10-13-15-18-26-42(25-17-12-9-6-3)45(51)53-39-44(49-35-30-47(31-36-49)28-33-48(34-29-47)32-20-21-37-50)40-54-46(52)43(38-41-23-22-24-41)27-19-16-14-11-8-5-2/h41-44,50H,4-40H2,1-3H3. The number of hydrogen-bond donors (Lipinski definition) is 1. The van der Waals surface area contributed by atoms with Crippen LogP contribution in [-0.2, 0) is 19.1 Å². The molecule has 1 saturated carbocycles. The zero-order valence-electron chi connectivity index (χ0n) is 35.9. The molecular weight excluding hydrogens is 673 g/mol. The third kappa shape index (κ3) is 18.8. The van der Waals surface area contributed by atoms with E-state index < -0.39 is 0 Å². The quantitative estimate of drug-likeness (QED) is 0.0540. The van der Waals surface area contributed by atoms with Crippen molar-refractivity contribution in [3.05, 3.63) is 0 Å². The van der Waals surface area contributed by atoms with Gasteiger partial charge in [-0.05, 0) is 108 Å². The molecule has 0 bridgehead atoms. The topological polar surface area (TPSA) is 79.3 Å². The van der Waals surface area contributed by atoms with Crippen LogP contribution in [0.1, 0.15) is 207 Å². The van der Waals surface area contributed by atoms with Gasteiger partial charge in [-0.25, -0.2) is 0 Å². The molecule has 54 heavy (non-hydrogen) atoms. The smallest absolute Gasteiger partial charge is 0.308 e. The summed E-state index contributed by atoms with van der Waals surface area (Å²) in [6, 6.07) is -0.0815. The van der Waals surface area contributed by atoms with Gasteiger partial charge in [0.1, 0.15) is 13.2 Å². The monoisotopic (exact) mass is 761 g/mol. The van der Waals surface area contributed by atoms with E-state index in [1.807, 2.05) is 0 Å². The lowest BCUT2D eigenvalue weighted by atomic mass is 9.71. The molecule has 3 rings (SSSR count). The Morgan fingerprint density at radius 2 is 1.07 bits per heavy atom. The second kappa shape index (κ2) is 29.1. The van der Waals surface area contributed by atoms with Crippen LogP contribution in [0.4, 0.5) is 0 Å². The molecule has 2 heterocycles. The number of likely N-dealkylation sites (tertiary alicyclic amines) is 2. The largest absolute Gasteiger partial charge is 0.464 e. The number of unbranched alkanes of at least 4 members (excludes halogenated alkanes) is 14. The minimum absolute atomic E-state index is 0.00157. The predicted molar refractivity (Wildman–Crippen MR) is 225 cm³/mol. The van der Waals surface area contributed by atoms with Gasteiger partial charge < -0.3 is 19.5 Å². The minimum atomic E-state index is -0.0815. The maximum Gasteiger partial charge on any atom is 0.308 e. The van der Waals surface area contributed by atoms with Crippen LogP contribution in [0.2, 0.25) is 0 Å². The second-order valence-electron chi connectivity index (χ2n) is 18.1. The third-order valence-corrected chi connectivity index (χ3v) is 13.7. The molecule has 1 spiro atoms. The van der Waals surface area contributed by atoms with Gasteiger partial charge in [-0.15, -0.1) is 0 Å². The number of carbonyl (C=O) groups is 2. The Balaban J connectivity index is 1.61. The van der Waals surface area contributed by atoms with Gasteiger partial charge in [0.15, 0.2) is 0 Å². The van der Waals surface area contributed by atoms with Crippen LogP contribution in [0.25, 0.3) is 0 Å². The van der Waals surface area contributed by atoms with E-state index >= 15 is 0 Å². The van der Waals surface area contributed by atoms with Crippen molar-refractivity contribution in [1.29, 1.82) is 0 Å². The molecule has 0 aromatic carbocycles. The molecule has 0 radical (unpaired) electrons. The van der Waals surface area contributed by atoms with E-state index in [0.717, 1.165) is 103 Å². The number of aliphatic hydroxyl groups is 1. The second-order valence-corrected chi connectivity index (χ2v) is 18.1. The summed E-state index contributed by atoms with van der Waals surface area (Å²) >= 11 is 0. The van der Waals surface area contributed by atoms with Crippen LogP contribution < -0.4 is 0 Å². The van der Waals surface area contributed by atoms with E-state index in [2.05, 4.69) is 30.6 Å². The molecule has 7 heteroatoms. The number of rotatable bonds is 32. The van der Waals surface area contributed by atoms with Crippen molar-refractivity contribution in [1.82, 2.24) is 9.80 Å². The molecule has 1 aliphatic carbocycles. The highest BCUT2D eigenvalue weighted by atomic mass is 16.5. The number of esters is 2. The molecule has 0 aromatic heterocycles. The first-order valence-corrected chi connectivity index (χ1v) is 23.8. The number of piperidine rings is 2. The number of carbonyl (C=O) groups excluding carboxylic acids is 2. The summed E-state index contributed by atoms with van der Waals surface area (Å²) in [6.07, 6.45) is 34.0. The maximum absolute atomic E-state index is 13.8. The van der Waals surface area contributed by atoms with Crippen molar-refractivity contribution in [2.45, 2.75) is 213 Å². The van der Waals surface area contributed by atoms with Crippen molar-refractivity contribution in [2.24, 2.45) is 23.2 Å². The fraction of sp³-hybridized carbons (Fsp3) is 0.957. The summed E-state index contributed by atoms with van der Waals surface area (Å²) in [5, 5.41) is 9.21. The SMILES string of the molecule is CCCCCCCCC(CCCCCC)C(=O)OCC(COC(=O)C(CCCCCCCC)CC1CCC1)N1CCC2(CCN(CCCCO)CC2)CC1. The molecule has 2 saturated heterocycles. The molecule has 1 N–H and O–H groups in total. The van der Waals surface area contributed by atoms with Crippen molar-refractivity contribution >= 4 is 11.9 Å². The zero-order valence-corrected chi connectivity index (χ0v) is 35.9. The van der Waals surface area contributed by atoms with Gasteiger partial charge in [-0.2, -0.15) is 0 Å². The molecule has 316 valence electrons. The van der Waals surface area contributed by atoms with Crippen LogP contribution in [0.5, 0.6) is 0 Å². The van der Waals surface area contributed by atoms with E-state index in [1.165, 1.54) is 116 Å². The highest BCUT2D eigenvalue weighted by Crippen LogP contribution is 2.42. The Morgan fingerprint density at radius 3 is 1.57 bits per heavy atom. The molecule has 3 unspecified atom stereocenters.